The lowest BCUT2D eigenvalue weighted by Crippen LogP contribution is -2.35. The predicted molar refractivity (Wildman–Crippen MR) is 63.0 cm³/mol. The van der Waals surface area contributed by atoms with Crippen LogP contribution in [0.4, 0.5) is 13.2 Å². The highest BCUT2D eigenvalue weighted by molar-refractivity contribution is 5.33. The highest BCUT2D eigenvalue weighted by Crippen LogP contribution is 2.34. The van der Waals surface area contributed by atoms with Crippen molar-refractivity contribution in [3.8, 4) is 0 Å². The van der Waals surface area contributed by atoms with Crippen molar-refractivity contribution in [2.75, 3.05) is 6.54 Å². The molecule has 0 radical (unpaired) electrons. The van der Waals surface area contributed by atoms with Gasteiger partial charge in [0.05, 0.1) is 0 Å². The third kappa shape index (κ3) is 3.73. The highest BCUT2D eigenvalue weighted by atomic mass is 19.4. The van der Waals surface area contributed by atoms with Crippen LogP contribution in [-0.2, 0) is 0 Å². The topological polar surface area (TPSA) is 12.0 Å². The van der Waals surface area contributed by atoms with Crippen LogP contribution in [0.2, 0.25) is 0 Å². The van der Waals surface area contributed by atoms with Crippen molar-refractivity contribution in [3.63, 3.8) is 0 Å². The molecule has 0 fully saturated rings. The predicted octanol–water partition coefficient (Wildman–Crippen LogP) is 3.91. The lowest BCUT2D eigenvalue weighted by Gasteiger charge is -2.23. The SMILES string of the molecule is CCCNC(c1ccc(C)cc1C)C(F)(F)F. The average molecular weight is 245 g/mol. The molecular weight excluding hydrogens is 227 g/mol. The number of hydrogen-bond acceptors (Lipinski definition) is 1. The summed E-state index contributed by atoms with van der Waals surface area (Å²) < 4.78 is 38.8. The van der Waals surface area contributed by atoms with E-state index in [0.717, 1.165) is 5.56 Å². The van der Waals surface area contributed by atoms with Gasteiger partial charge < -0.3 is 5.32 Å². The fraction of sp³-hybridized carbons (Fsp3) is 0.538. The van der Waals surface area contributed by atoms with Crippen molar-refractivity contribution < 1.29 is 13.2 Å². The molecule has 0 aliphatic carbocycles. The fourth-order valence-electron chi connectivity index (χ4n) is 1.84. The number of alkyl halides is 3. The molecule has 1 atom stereocenters. The molecule has 0 bridgehead atoms. The van der Waals surface area contributed by atoms with Crippen LogP contribution in [0.25, 0.3) is 0 Å². The lowest BCUT2D eigenvalue weighted by molar-refractivity contribution is -0.157. The molecule has 1 N–H and O–H groups in total. The first-order chi connectivity index (χ1) is 7.86. The van der Waals surface area contributed by atoms with E-state index >= 15 is 0 Å². The summed E-state index contributed by atoms with van der Waals surface area (Å²) in [7, 11) is 0. The Hall–Kier alpha value is -1.03. The molecule has 0 saturated heterocycles. The summed E-state index contributed by atoms with van der Waals surface area (Å²) in [6.07, 6.45) is -3.58. The largest absolute Gasteiger partial charge is 0.407 e. The Morgan fingerprint density at radius 3 is 2.35 bits per heavy atom. The van der Waals surface area contributed by atoms with E-state index in [9.17, 15) is 13.2 Å². The van der Waals surface area contributed by atoms with Gasteiger partial charge >= 0.3 is 6.18 Å². The molecule has 1 unspecified atom stereocenters. The monoisotopic (exact) mass is 245 g/mol. The Kier molecular flexibility index (Phi) is 4.57. The van der Waals surface area contributed by atoms with E-state index in [4.69, 9.17) is 0 Å². The van der Waals surface area contributed by atoms with Gasteiger partial charge in [0.1, 0.15) is 6.04 Å². The molecule has 4 heteroatoms. The number of aryl methyl sites for hydroxylation is 2. The number of hydrogen-bond donors (Lipinski definition) is 1. The van der Waals surface area contributed by atoms with E-state index in [1.807, 2.05) is 13.8 Å². The first kappa shape index (κ1) is 14.0. The second-order valence-electron chi connectivity index (χ2n) is 4.29. The van der Waals surface area contributed by atoms with Crippen LogP contribution < -0.4 is 5.32 Å². The van der Waals surface area contributed by atoms with Crippen LogP contribution in [0.3, 0.4) is 0 Å². The Morgan fingerprint density at radius 1 is 1.24 bits per heavy atom. The summed E-state index contributed by atoms with van der Waals surface area (Å²) in [5.74, 6) is 0. The van der Waals surface area contributed by atoms with Gasteiger partial charge in [-0.05, 0) is 37.9 Å². The van der Waals surface area contributed by atoms with E-state index < -0.39 is 12.2 Å². The van der Waals surface area contributed by atoms with Crippen molar-refractivity contribution in [2.45, 2.75) is 39.4 Å². The smallest absolute Gasteiger partial charge is 0.302 e. The second kappa shape index (κ2) is 5.54. The summed E-state index contributed by atoms with van der Waals surface area (Å²) in [6, 6.07) is 3.49. The van der Waals surface area contributed by atoms with Crippen molar-refractivity contribution >= 4 is 0 Å². The van der Waals surface area contributed by atoms with Crippen molar-refractivity contribution in [1.29, 1.82) is 0 Å². The van der Waals surface area contributed by atoms with E-state index in [2.05, 4.69) is 5.32 Å². The van der Waals surface area contributed by atoms with Gasteiger partial charge in [0.25, 0.3) is 0 Å². The third-order valence-corrected chi connectivity index (χ3v) is 2.66. The van der Waals surface area contributed by atoms with E-state index in [1.54, 1.807) is 25.1 Å². The first-order valence-electron chi connectivity index (χ1n) is 5.73. The van der Waals surface area contributed by atoms with Gasteiger partial charge in [-0.15, -0.1) is 0 Å². The molecular formula is C13H18F3N. The van der Waals surface area contributed by atoms with Gasteiger partial charge in [0.2, 0.25) is 0 Å². The molecule has 0 spiro atoms. The summed E-state index contributed by atoms with van der Waals surface area (Å²) in [5, 5.41) is 2.56. The van der Waals surface area contributed by atoms with Gasteiger partial charge in [-0.3, -0.25) is 0 Å². The van der Waals surface area contributed by atoms with Crippen molar-refractivity contribution in [1.82, 2.24) is 5.32 Å². The maximum Gasteiger partial charge on any atom is 0.407 e. The second-order valence-corrected chi connectivity index (χ2v) is 4.29. The van der Waals surface area contributed by atoms with Crippen molar-refractivity contribution in [2.24, 2.45) is 0 Å². The van der Waals surface area contributed by atoms with Crippen LogP contribution in [0, 0.1) is 13.8 Å². The maximum atomic E-state index is 12.9. The molecule has 0 saturated carbocycles. The molecule has 0 aromatic heterocycles. The molecule has 17 heavy (non-hydrogen) atoms. The molecule has 1 aromatic carbocycles. The standard InChI is InChI=1S/C13H18F3N/c1-4-7-17-12(13(14,15)16)11-6-5-9(2)8-10(11)3/h5-6,8,12,17H,4,7H2,1-3H3. The van der Waals surface area contributed by atoms with Crippen LogP contribution in [0.5, 0.6) is 0 Å². The summed E-state index contributed by atoms with van der Waals surface area (Å²) in [5.41, 5.74) is 1.97. The van der Waals surface area contributed by atoms with Gasteiger partial charge in [-0.25, -0.2) is 0 Å². The van der Waals surface area contributed by atoms with E-state index in [1.165, 1.54) is 0 Å². The molecule has 0 amide bonds. The molecule has 1 nitrogen and oxygen atoms in total. The zero-order valence-corrected chi connectivity index (χ0v) is 10.4. The molecule has 1 aromatic rings. The number of nitrogens with one attached hydrogen (secondary N) is 1. The van der Waals surface area contributed by atoms with Crippen LogP contribution in [0.1, 0.15) is 36.1 Å². The van der Waals surface area contributed by atoms with E-state index in [-0.39, 0.29) is 0 Å². The average Bonchev–Trinajstić information content (AvgIpc) is 2.19. The lowest BCUT2D eigenvalue weighted by atomic mass is 9.98. The molecule has 0 heterocycles. The Bertz CT molecular complexity index is 371. The molecule has 96 valence electrons. The number of rotatable bonds is 4. The Morgan fingerprint density at radius 2 is 1.88 bits per heavy atom. The fourth-order valence-corrected chi connectivity index (χ4v) is 1.84. The summed E-state index contributed by atoms with van der Waals surface area (Å²) in [4.78, 5) is 0. The summed E-state index contributed by atoms with van der Waals surface area (Å²) >= 11 is 0. The Balaban J connectivity index is 3.04. The van der Waals surface area contributed by atoms with Gasteiger partial charge in [0.15, 0.2) is 0 Å². The van der Waals surface area contributed by atoms with Crippen LogP contribution >= 0.6 is 0 Å². The van der Waals surface area contributed by atoms with Gasteiger partial charge in [0, 0.05) is 0 Å². The van der Waals surface area contributed by atoms with Crippen LogP contribution in [0.15, 0.2) is 18.2 Å². The van der Waals surface area contributed by atoms with Crippen LogP contribution in [-0.4, -0.2) is 12.7 Å². The highest BCUT2D eigenvalue weighted by Gasteiger charge is 2.40. The quantitative estimate of drug-likeness (QED) is 0.848. The minimum Gasteiger partial charge on any atom is -0.302 e. The summed E-state index contributed by atoms with van der Waals surface area (Å²) in [6.45, 7) is 5.80. The Labute approximate surface area is 100 Å². The molecule has 0 aliphatic rings. The van der Waals surface area contributed by atoms with Gasteiger partial charge in [-0.1, -0.05) is 30.7 Å². The molecule has 1 rings (SSSR count). The first-order valence-corrected chi connectivity index (χ1v) is 5.73. The third-order valence-electron chi connectivity index (χ3n) is 2.66. The van der Waals surface area contributed by atoms with Crippen molar-refractivity contribution in [3.05, 3.63) is 34.9 Å². The molecule has 0 aliphatic heterocycles. The maximum absolute atomic E-state index is 12.9. The van der Waals surface area contributed by atoms with Gasteiger partial charge in [-0.2, -0.15) is 13.2 Å². The normalized spacial score (nSPS) is 13.8. The zero-order chi connectivity index (χ0) is 13.1. The zero-order valence-electron chi connectivity index (χ0n) is 10.4. The minimum absolute atomic E-state index is 0.316. The number of benzene rings is 1. The number of halogens is 3. The van der Waals surface area contributed by atoms with E-state index in [0.29, 0.717) is 24.1 Å². The minimum atomic E-state index is -4.25.